The van der Waals surface area contributed by atoms with Gasteiger partial charge in [-0.2, -0.15) is 0 Å². The molecule has 0 aliphatic heterocycles. The zero-order valence-corrected chi connectivity index (χ0v) is 14.3. The van der Waals surface area contributed by atoms with Gasteiger partial charge in [-0.1, -0.05) is 12.1 Å². The van der Waals surface area contributed by atoms with E-state index in [1.807, 2.05) is 0 Å². The number of carbonyl (C=O) groups excluding carboxylic acids is 1. The topological polar surface area (TPSA) is 66.9 Å². The molecule has 5 nitrogen and oxygen atoms in total. The van der Waals surface area contributed by atoms with Crippen molar-refractivity contribution in [1.82, 2.24) is 10.2 Å². The lowest BCUT2D eigenvalue weighted by atomic mass is 10.1. The minimum Gasteiger partial charge on any atom is -0.368 e. The zero-order chi connectivity index (χ0) is 20.1. The molecule has 2 aromatic carbocycles. The van der Waals surface area contributed by atoms with Crippen molar-refractivity contribution in [3.8, 4) is 0 Å². The van der Waals surface area contributed by atoms with Crippen LogP contribution in [0, 0.1) is 23.3 Å². The second-order valence-corrected chi connectivity index (χ2v) is 5.78. The SMILES string of the molecule is O=C(Nc1ccc(F)c(F)c1F)c1ccc(NCCc2ccc(F)cc2)nn1. The van der Waals surface area contributed by atoms with Gasteiger partial charge in [0.05, 0.1) is 5.69 Å². The van der Waals surface area contributed by atoms with E-state index in [1.54, 1.807) is 12.1 Å². The van der Waals surface area contributed by atoms with Gasteiger partial charge in [-0.25, -0.2) is 17.6 Å². The number of aromatic nitrogens is 2. The third-order valence-electron chi connectivity index (χ3n) is 3.81. The van der Waals surface area contributed by atoms with E-state index in [9.17, 15) is 22.4 Å². The van der Waals surface area contributed by atoms with Crippen molar-refractivity contribution < 1.29 is 22.4 Å². The molecular formula is C19H14F4N4O. The van der Waals surface area contributed by atoms with Gasteiger partial charge >= 0.3 is 0 Å². The fourth-order valence-electron chi connectivity index (χ4n) is 2.34. The first-order valence-corrected chi connectivity index (χ1v) is 8.21. The Hall–Kier alpha value is -3.49. The van der Waals surface area contributed by atoms with Crippen molar-refractivity contribution >= 4 is 17.4 Å². The van der Waals surface area contributed by atoms with E-state index in [1.165, 1.54) is 24.3 Å². The summed E-state index contributed by atoms with van der Waals surface area (Å²) < 4.78 is 52.6. The average molecular weight is 390 g/mol. The van der Waals surface area contributed by atoms with Crippen molar-refractivity contribution in [3.63, 3.8) is 0 Å². The van der Waals surface area contributed by atoms with Crippen molar-refractivity contribution in [1.29, 1.82) is 0 Å². The van der Waals surface area contributed by atoms with E-state index in [4.69, 9.17) is 0 Å². The Labute approximate surface area is 157 Å². The Morgan fingerprint density at radius 3 is 2.29 bits per heavy atom. The molecule has 0 fully saturated rings. The number of nitrogens with zero attached hydrogens (tertiary/aromatic N) is 2. The molecule has 28 heavy (non-hydrogen) atoms. The maximum absolute atomic E-state index is 13.6. The first-order valence-electron chi connectivity index (χ1n) is 8.21. The van der Waals surface area contributed by atoms with E-state index in [2.05, 4.69) is 20.8 Å². The number of halogens is 4. The van der Waals surface area contributed by atoms with Crippen LogP contribution in [0.1, 0.15) is 16.1 Å². The summed E-state index contributed by atoms with van der Waals surface area (Å²) in [6.45, 7) is 0.506. The number of anilines is 2. The van der Waals surface area contributed by atoms with Gasteiger partial charge in [0.2, 0.25) is 0 Å². The highest BCUT2D eigenvalue weighted by atomic mass is 19.2. The highest BCUT2D eigenvalue weighted by Crippen LogP contribution is 2.20. The molecule has 3 rings (SSSR count). The van der Waals surface area contributed by atoms with Crippen LogP contribution in [0.4, 0.5) is 29.1 Å². The Bertz CT molecular complexity index is 978. The molecule has 1 heterocycles. The number of carbonyl (C=O) groups is 1. The number of amides is 1. The number of hydrogen-bond donors (Lipinski definition) is 2. The van der Waals surface area contributed by atoms with Crippen LogP contribution in [-0.2, 0) is 6.42 Å². The van der Waals surface area contributed by atoms with Crippen molar-refractivity contribution in [2.45, 2.75) is 6.42 Å². The lowest BCUT2D eigenvalue weighted by molar-refractivity contribution is 0.102. The Kier molecular flexibility index (Phi) is 5.83. The molecule has 0 unspecified atom stereocenters. The van der Waals surface area contributed by atoms with Crippen LogP contribution in [-0.4, -0.2) is 22.6 Å². The third kappa shape index (κ3) is 4.61. The highest BCUT2D eigenvalue weighted by molar-refractivity contribution is 6.02. The molecule has 0 saturated carbocycles. The quantitative estimate of drug-likeness (QED) is 0.494. The molecule has 0 spiro atoms. The van der Waals surface area contributed by atoms with Gasteiger partial charge in [0.25, 0.3) is 5.91 Å². The molecule has 0 saturated heterocycles. The Balaban J connectivity index is 1.57. The Morgan fingerprint density at radius 2 is 1.61 bits per heavy atom. The highest BCUT2D eigenvalue weighted by Gasteiger charge is 2.16. The maximum atomic E-state index is 13.6. The minimum atomic E-state index is -1.68. The summed E-state index contributed by atoms with van der Waals surface area (Å²) in [6.07, 6.45) is 0.625. The summed E-state index contributed by atoms with van der Waals surface area (Å²) in [5, 5.41) is 12.7. The van der Waals surface area contributed by atoms with Gasteiger partial charge in [0.15, 0.2) is 23.1 Å². The van der Waals surface area contributed by atoms with Gasteiger partial charge in [-0.05, 0) is 48.4 Å². The largest absolute Gasteiger partial charge is 0.368 e. The van der Waals surface area contributed by atoms with Gasteiger partial charge in [-0.15, -0.1) is 10.2 Å². The molecule has 0 radical (unpaired) electrons. The van der Waals surface area contributed by atoms with E-state index >= 15 is 0 Å². The normalized spacial score (nSPS) is 10.6. The number of rotatable bonds is 6. The standard InChI is InChI=1S/C19H14F4N4O/c20-12-3-1-11(2-4-12)9-10-24-16-8-7-15(26-27-16)19(28)25-14-6-5-13(21)17(22)18(14)23/h1-8H,9-10H2,(H,24,27)(H,25,28). The molecule has 1 aromatic heterocycles. The van der Waals surface area contributed by atoms with Crippen LogP contribution < -0.4 is 10.6 Å². The number of benzene rings is 2. The Morgan fingerprint density at radius 1 is 0.857 bits per heavy atom. The molecule has 0 bridgehead atoms. The van der Waals surface area contributed by atoms with E-state index < -0.39 is 29.0 Å². The predicted molar refractivity (Wildman–Crippen MR) is 94.9 cm³/mol. The summed E-state index contributed by atoms with van der Waals surface area (Å²) in [5.41, 5.74) is 0.298. The lowest BCUT2D eigenvalue weighted by Gasteiger charge is -2.08. The van der Waals surface area contributed by atoms with Crippen LogP contribution in [0.5, 0.6) is 0 Å². The summed E-state index contributed by atoms with van der Waals surface area (Å²) >= 11 is 0. The van der Waals surface area contributed by atoms with Crippen LogP contribution in [0.25, 0.3) is 0 Å². The van der Waals surface area contributed by atoms with E-state index in [0.717, 1.165) is 11.6 Å². The minimum absolute atomic E-state index is 0.131. The van der Waals surface area contributed by atoms with Crippen LogP contribution in [0.15, 0.2) is 48.5 Å². The summed E-state index contributed by atoms with van der Waals surface area (Å²) in [4.78, 5) is 12.1. The smallest absolute Gasteiger partial charge is 0.276 e. The van der Waals surface area contributed by atoms with E-state index in [0.29, 0.717) is 24.8 Å². The second-order valence-electron chi connectivity index (χ2n) is 5.78. The first-order chi connectivity index (χ1) is 13.4. The predicted octanol–water partition coefficient (Wildman–Crippen LogP) is 3.94. The fraction of sp³-hybridized carbons (Fsp3) is 0.105. The maximum Gasteiger partial charge on any atom is 0.276 e. The van der Waals surface area contributed by atoms with Crippen molar-refractivity contribution in [3.05, 3.63) is 83.1 Å². The van der Waals surface area contributed by atoms with Crippen LogP contribution in [0.3, 0.4) is 0 Å². The zero-order valence-electron chi connectivity index (χ0n) is 14.3. The van der Waals surface area contributed by atoms with Crippen LogP contribution >= 0.6 is 0 Å². The van der Waals surface area contributed by atoms with Crippen molar-refractivity contribution in [2.75, 3.05) is 17.2 Å². The van der Waals surface area contributed by atoms with Gasteiger partial charge < -0.3 is 10.6 Å². The molecule has 0 aliphatic rings. The average Bonchev–Trinajstić information content (AvgIpc) is 2.70. The van der Waals surface area contributed by atoms with E-state index in [-0.39, 0.29) is 11.5 Å². The molecule has 0 aliphatic carbocycles. The molecule has 9 heteroatoms. The molecule has 3 aromatic rings. The molecule has 2 N–H and O–H groups in total. The number of hydrogen-bond acceptors (Lipinski definition) is 4. The monoisotopic (exact) mass is 390 g/mol. The van der Waals surface area contributed by atoms with Gasteiger partial charge in [-0.3, -0.25) is 4.79 Å². The van der Waals surface area contributed by atoms with Gasteiger partial charge in [0, 0.05) is 6.54 Å². The molecular weight excluding hydrogens is 376 g/mol. The van der Waals surface area contributed by atoms with Crippen molar-refractivity contribution in [2.24, 2.45) is 0 Å². The summed E-state index contributed by atoms with van der Waals surface area (Å²) in [7, 11) is 0. The second kappa shape index (κ2) is 8.47. The lowest BCUT2D eigenvalue weighted by Crippen LogP contribution is -2.16. The van der Waals surface area contributed by atoms with Gasteiger partial charge in [0.1, 0.15) is 11.6 Å². The van der Waals surface area contributed by atoms with Crippen LogP contribution in [0.2, 0.25) is 0 Å². The summed E-state index contributed by atoms with van der Waals surface area (Å²) in [5.74, 6) is -5.26. The third-order valence-corrected chi connectivity index (χ3v) is 3.81. The molecule has 0 atom stereocenters. The fourth-order valence-corrected chi connectivity index (χ4v) is 2.34. The summed E-state index contributed by atoms with van der Waals surface area (Å²) in [6, 6.07) is 10.5. The first kappa shape index (κ1) is 19.3. The molecule has 1 amide bonds. The number of nitrogens with one attached hydrogen (secondary N) is 2. The molecule has 144 valence electrons.